The molecule has 0 aromatic rings. The molecule has 1 atom stereocenters. The number of hydrogen-bond acceptors (Lipinski definition) is 3. The molecule has 1 aliphatic rings. The third-order valence-electron chi connectivity index (χ3n) is 2.33. The van der Waals surface area contributed by atoms with Crippen molar-refractivity contribution in [1.29, 1.82) is 0 Å². The van der Waals surface area contributed by atoms with Gasteiger partial charge >= 0.3 is 5.97 Å². The maximum absolute atomic E-state index is 10.4. The van der Waals surface area contributed by atoms with Gasteiger partial charge in [-0.05, 0) is 18.8 Å². The smallest absolute Gasteiger partial charge is 0.332 e. The molecule has 1 heterocycles. The summed E-state index contributed by atoms with van der Waals surface area (Å²) >= 11 is 0. The van der Waals surface area contributed by atoms with Crippen molar-refractivity contribution < 1.29 is 14.6 Å². The van der Waals surface area contributed by atoms with Crippen LogP contribution in [0.5, 0.6) is 0 Å². The lowest BCUT2D eigenvalue weighted by molar-refractivity contribution is -0.132. The van der Waals surface area contributed by atoms with Crippen LogP contribution in [0.1, 0.15) is 12.8 Å². The highest BCUT2D eigenvalue weighted by atomic mass is 16.5. The van der Waals surface area contributed by atoms with Crippen molar-refractivity contribution in [2.75, 3.05) is 26.3 Å². The maximum Gasteiger partial charge on any atom is 0.332 e. The van der Waals surface area contributed by atoms with Crippen LogP contribution in [0, 0.1) is 5.92 Å². The Morgan fingerprint density at radius 3 is 3.00 bits per heavy atom. The molecule has 1 aliphatic heterocycles. The second-order valence-electron chi connectivity index (χ2n) is 3.62. The summed E-state index contributed by atoms with van der Waals surface area (Å²) in [6.45, 7) is 6.25. The van der Waals surface area contributed by atoms with E-state index in [2.05, 4.69) is 11.9 Å². The molecule has 1 fully saturated rings. The normalized spacial score (nSPS) is 21.9. The average Bonchev–Trinajstić information content (AvgIpc) is 2.19. The average molecular weight is 199 g/mol. The molecular weight excluding hydrogens is 182 g/mol. The van der Waals surface area contributed by atoms with Crippen LogP contribution in [0.4, 0.5) is 0 Å². The van der Waals surface area contributed by atoms with Crippen LogP contribution in [-0.4, -0.2) is 37.4 Å². The van der Waals surface area contributed by atoms with E-state index in [-0.39, 0.29) is 5.57 Å². The van der Waals surface area contributed by atoms with Crippen LogP contribution in [0.3, 0.4) is 0 Å². The summed E-state index contributed by atoms with van der Waals surface area (Å²) in [5, 5.41) is 11.6. The van der Waals surface area contributed by atoms with Gasteiger partial charge < -0.3 is 15.2 Å². The minimum Gasteiger partial charge on any atom is -0.478 e. The van der Waals surface area contributed by atoms with Crippen molar-refractivity contribution >= 4 is 5.97 Å². The first-order valence-corrected chi connectivity index (χ1v) is 4.89. The highest BCUT2D eigenvalue weighted by molar-refractivity contribution is 5.86. The number of carbonyl (C=O) groups is 1. The molecule has 0 aliphatic carbocycles. The highest BCUT2D eigenvalue weighted by Crippen LogP contribution is 2.11. The summed E-state index contributed by atoms with van der Waals surface area (Å²) in [7, 11) is 0. The lowest BCUT2D eigenvalue weighted by Gasteiger charge is -2.22. The molecule has 0 saturated carbocycles. The zero-order valence-corrected chi connectivity index (χ0v) is 8.29. The number of carboxylic acids is 1. The van der Waals surface area contributed by atoms with Crippen molar-refractivity contribution in [3.63, 3.8) is 0 Å². The number of ether oxygens (including phenoxy) is 1. The Balaban J connectivity index is 2.08. The lowest BCUT2D eigenvalue weighted by Crippen LogP contribution is -2.31. The van der Waals surface area contributed by atoms with Gasteiger partial charge in [0.05, 0.1) is 6.61 Å². The Bertz CT molecular complexity index is 209. The molecule has 80 valence electrons. The zero-order valence-electron chi connectivity index (χ0n) is 8.29. The van der Waals surface area contributed by atoms with Crippen molar-refractivity contribution in [2.24, 2.45) is 5.92 Å². The van der Waals surface area contributed by atoms with E-state index in [1.54, 1.807) is 0 Å². The van der Waals surface area contributed by atoms with E-state index < -0.39 is 5.97 Å². The molecule has 14 heavy (non-hydrogen) atoms. The Morgan fingerprint density at radius 1 is 1.64 bits per heavy atom. The van der Waals surface area contributed by atoms with Gasteiger partial charge in [0.15, 0.2) is 0 Å². The van der Waals surface area contributed by atoms with Gasteiger partial charge in [0.25, 0.3) is 0 Å². The lowest BCUT2D eigenvalue weighted by atomic mass is 10.0. The van der Waals surface area contributed by atoms with Gasteiger partial charge in [0, 0.05) is 25.3 Å². The predicted molar refractivity (Wildman–Crippen MR) is 53.2 cm³/mol. The molecule has 1 rings (SSSR count). The first-order valence-electron chi connectivity index (χ1n) is 4.89. The molecule has 0 radical (unpaired) electrons. The molecule has 0 spiro atoms. The number of hydrogen-bond donors (Lipinski definition) is 2. The van der Waals surface area contributed by atoms with Crippen molar-refractivity contribution in [3.8, 4) is 0 Å². The molecule has 4 nitrogen and oxygen atoms in total. The van der Waals surface area contributed by atoms with Crippen LogP contribution in [0.25, 0.3) is 0 Å². The van der Waals surface area contributed by atoms with Gasteiger partial charge in [0.1, 0.15) is 0 Å². The largest absolute Gasteiger partial charge is 0.478 e. The fraction of sp³-hybridized carbons (Fsp3) is 0.700. The van der Waals surface area contributed by atoms with E-state index in [0.717, 1.165) is 32.6 Å². The molecule has 0 amide bonds. The van der Waals surface area contributed by atoms with Crippen molar-refractivity contribution in [2.45, 2.75) is 12.8 Å². The summed E-state index contributed by atoms with van der Waals surface area (Å²) in [5.41, 5.74) is 0.210. The topological polar surface area (TPSA) is 58.6 Å². The molecule has 4 heteroatoms. The summed E-state index contributed by atoms with van der Waals surface area (Å²) < 4.78 is 5.31. The van der Waals surface area contributed by atoms with Crippen LogP contribution >= 0.6 is 0 Å². The molecule has 0 aromatic heterocycles. The molecule has 1 saturated heterocycles. The van der Waals surface area contributed by atoms with E-state index >= 15 is 0 Å². The number of nitrogens with one attached hydrogen (secondary N) is 1. The van der Waals surface area contributed by atoms with E-state index in [9.17, 15) is 4.79 Å². The second kappa shape index (κ2) is 5.78. The van der Waals surface area contributed by atoms with E-state index in [0.29, 0.717) is 12.5 Å². The molecule has 2 N–H and O–H groups in total. The minimum atomic E-state index is -0.933. The third kappa shape index (κ3) is 3.89. The second-order valence-corrected chi connectivity index (χ2v) is 3.62. The summed E-state index contributed by atoms with van der Waals surface area (Å²) in [6.07, 6.45) is 2.26. The van der Waals surface area contributed by atoms with Crippen molar-refractivity contribution in [1.82, 2.24) is 5.32 Å². The predicted octanol–water partition coefficient (Wildman–Crippen LogP) is 0.643. The minimum absolute atomic E-state index is 0.210. The summed E-state index contributed by atoms with van der Waals surface area (Å²) in [5.74, 6) is -0.414. The Labute approximate surface area is 83.9 Å². The van der Waals surface area contributed by atoms with Gasteiger partial charge in [-0.2, -0.15) is 0 Å². The monoisotopic (exact) mass is 199 g/mol. The molecule has 0 aromatic carbocycles. The third-order valence-corrected chi connectivity index (χ3v) is 2.33. The zero-order chi connectivity index (χ0) is 10.4. The summed E-state index contributed by atoms with van der Waals surface area (Å²) in [6, 6.07) is 0. The van der Waals surface area contributed by atoms with Gasteiger partial charge in [-0.3, -0.25) is 0 Å². The SMILES string of the molecule is C=C(CNCC1CCCOC1)C(=O)O. The van der Waals surface area contributed by atoms with Crippen LogP contribution in [0.2, 0.25) is 0 Å². The molecular formula is C10H17NO3. The van der Waals surface area contributed by atoms with Crippen LogP contribution in [-0.2, 0) is 9.53 Å². The molecule has 0 bridgehead atoms. The van der Waals surface area contributed by atoms with Gasteiger partial charge in [-0.15, -0.1) is 0 Å². The highest BCUT2D eigenvalue weighted by Gasteiger charge is 2.13. The fourth-order valence-corrected chi connectivity index (χ4v) is 1.47. The Kier molecular flexibility index (Phi) is 4.62. The standard InChI is InChI=1S/C10H17NO3/c1-8(10(12)13)5-11-6-9-3-2-4-14-7-9/h9,11H,1-7H2,(H,12,13). The maximum atomic E-state index is 10.4. The van der Waals surface area contributed by atoms with E-state index in [4.69, 9.17) is 9.84 Å². The number of carboxylic acid groups (broad SMARTS) is 1. The molecule has 1 unspecified atom stereocenters. The Morgan fingerprint density at radius 2 is 2.43 bits per heavy atom. The van der Waals surface area contributed by atoms with Gasteiger partial charge in [-0.25, -0.2) is 4.79 Å². The van der Waals surface area contributed by atoms with Crippen LogP contribution < -0.4 is 5.32 Å². The van der Waals surface area contributed by atoms with Gasteiger partial charge in [0.2, 0.25) is 0 Å². The Hall–Kier alpha value is -0.870. The number of rotatable bonds is 5. The fourth-order valence-electron chi connectivity index (χ4n) is 1.47. The summed E-state index contributed by atoms with van der Waals surface area (Å²) in [4.78, 5) is 10.4. The number of aliphatic carboxylic acids is 1. The van der Waals surface area contributed by atoms with Crippen LogP contribution in [0.15, 0.2) is 12.2 Å². The van der Waals surface area contributed by atoms with Gasteiger partial charge in [-0.1, -0.05) is 6.58 Å². The quantitative estimate of drug-likeness (QED) is 0.638. The van der Waals surface area contributed by atoms with E-state index in [1.165, 1.54) is 0 Å². The van der Waals surface area contributed by atoms with Crippen molar-refractivity contribution in [3.05, 3.63) is 12.2 Å². The first-order chi connectivity index (χ1) is 6.70. The van der Waals surface area contributed by atoms with E-state index in [1.807, 2.05) is 0 Å². The first kappa shape index (κ1) is 11.2.